The number of nitrogens with zero attached hydrogens (tertiary/aromatic N) is 8. The minimum Gasteiger partial charge on any atom is -0.465 e. The van der Waals surface area contributed by atoms with Gasteiger partial charge in [-0.15, -0.1) is 0 Å². The number of likely N-dealkylation sites (tertiary alicyclic amines) is 1. The Balaban J connectivity index is 0.000000189. The Morgan fingerprint density at radius 3 is 1.93 bits per heavy atom. The molecule has 4 aromatic heterocycles. The van der Waals surface area contributed by atoms with Crippen LogP contribution in [-0.2, 0) is 14.6 Å². The lowest BCUT2D eigenvalue weighted by Gasteiger charge is -2.47. The highest BCUT2D eigenvalue weighted by atomic mass is 32.2. The van der Waals surface area contributed by atoms with E-state index in [1.165, 1.54) is 29.7 Å². The molecule has 0 saturated carbocycles. The van der Waals surface area contributed by atoms with E-state index < -0.39 is 15.9 Å². The third kappa shape index (κ3) is 11.0. The highest BCUT2D eigenvalue weighted by molar-refractivity contribution is 7.90. The molecule has 2 atom stereocenters. The van der Waals surface area contributed by atoms with Crippen LogP contribution in [0.2, 0.25) is 0 Å². The Kier molecular flexibility index (Phi) is 14.1. The van der Waals surface area contributed by atoms with Gasteiger partial charge in [-0.2, -0.15) is 0 Å². The standard InChI is InChI=1S/C27H35N7O4.C20H24N6O3S/c1-27(2,3)23-19(5-4-10-34(23)26(36)37)31-21-15-20-22(25(35)29-16-28-20)24(32-21)30-17-6-8-18(9-7-17)33-11-13-38-14-12-33;1-3-25-8-10-26(11-9-25)17-12-16-18(20(27)22-13-21-16)19(24-17)23-14-4-6-15(7-5-14)30(2,28)29/h6-9,15-16,19,23H,4-5,10-14H2,1-3H3,(H,36,37)(H,28,29,35)(H2,30,31,32);4-7,12-13H,3,8-11H2,1-2H3,(H,23,24)(H,21,22,27)/t19-,23?;/m1./s1. The van der Waals surface area contributed by atoms with E-state index in [0.29, 0.717) is 64.7 Å². The summed E-state index contributed by atoms with van der Waals surface area (Å²) < 4.78 is 28.8. The van der Waals surface area contributed by atoms with Crippen LogP contribution in [-0.4, -0.2) is 143 Å². The van der Waals surface area contributed by atoms with E-state index in [1.807, 2.05) is 30.3 Å². The van der Waals surface area contributed by atoms with E-state index >= 15 is 0 Å². The monoisotopic (exact) mass is 949 g/mol. The van der Waals surface area contributed by atoms with Gasteiger partial charge >= 0.3 is 6.09 Å². The number of ether oxygens (including phenoxy) is 1. The van der Waals surface area contributed by atoms with Gasteiger partial charge in [0, 0.05) is 87.3 Å². The van der Waals surface area contributed by atoms with Crippen molar-refractivity contribution in [3.8, 4) is 0 Å². The van der Waals surface area contributed by atoms with Crippen molar-refractivity contribution in [1.82, 2.24) is 39.7 Å². The minimum atomic E-state index is -3.28. The van der Waals surface area contributed by atoms with Crippen molar-refractivity contribution in [1.29, 1.82) is 0 Å². The lowest BCUT2D eigenvalue weighted by Crippen LogP contribution is -2.58. The molecule has 21 heteroatoms. The Bertz CT molecular complexity index is 2970. The van der Waals surface area contributed by atoms with Gasteiger partial charge in [0.15, 0.2) is 9.84 Å². The number of pyridine rings is 2. The summed E-state index contributed by atoms with van der Waals surface area (Å²) >= 11 is 0. The Morgan fingerprint density at radius 2 is 1.37 bits per heavy atom. The zero-order valence-electron chi connectivity index (χ0n) is 39.0. The molecule has 6 aromatic rings. The molecule has 360 valence electrons. The van der Waals surface area contributed by atoms with Crippen LogP contribution in [0.3, 0.4) is 0 Å². The number of hydrogen-bond donors (Lipinski definition) is 6. The van der Waals surface area contributed by atoms with Crippen molar-refractivity contribution in [3.63, 3.8) is 0 Å². The second kappa shape index (κ2) is 20.2. The third-order valence-electron chi connectivity index (χ3n) is 12.5. The molecule has 3 fully saturated rings. The van der Waals surface area contributed by atoms with Crippen molar-refractivity contribution < 1.29 is 23.1 Å². The molecular formula is C47H59N13O7S. The first-order valence-electron chi connectivity index (χ1n) is 22.8. The molecule has 7 heterocycles. The minimum absolute atomic E-state index is 0.146. The van der Waals surface area contributed by atoms with E-state index in [9.17, 15) is 27.9 Å². The topological polar surface area (TPSA) is 247 Å². The van der Waals surface area contributed by atoms with Crippen LogP contribution < -0.4 is 36.9 Å². The summed E-state index contributed by atoms with van der Waals surface area (Å²) in [5.41, 5.74) is 2.72. The first-order valence-corrected chi connectivity index (χ1v) is 24.7. The van der Waals surface area contributed by atoms with E-state index in [0.717, 1.165) is 82.1 Å². The third-order valence-corrected chi connectivity index (χ3v) is 13.7. The summed E-state index contributed by atoms with van der Waals surface area (Å²) in [7, 11) is -3.28. The predicted octanol–water partition coefficient (Wildman–Crippen LogP) is 5.47. The molecular weight excluding hydrogens is 891 g/mol. The van der Waals surface area contributed by atoms with Crippen molar-refractivity contribution in [2.45, 2.75) is 57.5 Å². The lowest BCUT2D eigenvalue weighted by atomic mass is 9.77. The lowest BCUT2D eigenvalue weighted by molar-refractivity contribution is 0.0518. The molecule has 3 saturated heterocycles. The number of H-pyrrole nitrogens is 2. The van der Waals surface area contributed by atoms with Crippen molar-refractivity contribution >= 4 is 78.1 Å². The van der Waals surface area contributed by atoms with E-state index in [1.54, 1.807) is 18.2 Å². The maximum atomic E-state index is 12.8. The van der Waals surface area contributed by atoms with Crippen LogP contribution in [0.5, 0.6) is 0 Å². The Labute approximate surface area is 394 Å². The number of sulfone groups is 1. The van der Waals surface area contributed by atoms with E-state index in [-0.39, 0.29) is 33.5 Å². The molecule has 3 aliphatic rings. The second-order valence-corrected chi connectivity index (χ2v) is 20.2. The quantitative estimate of drug-likeness (QED) is 0.0996. The zero-order valence-corrected chi connectivity index (χ0v) is 39.8. The smallest absolute Gasteiger partial charge is 0.407 e. The maximum absolute atomic E-state index is 12.8. The molecule has 68 heavy (non-hydrogen) atoms. The molecule has 0 aliphatic carbocycles. The van der Waals surface area contributed by atoms with Crippen LogP contribution in [0.4, 0.5) is 45.1 Å². The van der Waals surface area contributed by atoms with Crippen molar-refractivity contribution in [3.05, 3.63) is 94.0 Å². The number of carboxylic acid groups (broad SMARTS) is 1. The molecule has 0 radical (unpaired) electrons. The Morgan fingerprint density at radius 1 is 0.794 bits per heavy atom. The first kappa shape index (κ1) is 47.6. The largest absolute Gasteiger partial charge is 0.465 e. The number of morpholine rings is 1. The van der Waals surface area contributed by atoms with Gasteiger partial charge in [-0.1, -0.05) is 27.7 Å². The zero-order chi connectivity index (χ0) is 48.2. The fraction of sp³-hybridized carbons (Fsp3) is 0.426. The fourth-order valence-corrected chi connectivity index (χ4v) is 9.77. The summed E-state index contributed by atoms with van der Waals surface area (Å²) in [5, 5.41) is 20.5. The summed E-state index contributed by atoms with van der Waals surface area (Å²) in [6.45, 7) is 16.6. The van der Waals surface area contributed by atoms with Gasteiger partial charge in [0.1, 0.15) is 34.0 Å². The molecule has 9 rings (SSSR count). The molecule has 20 nitrogen and oxygen atoms in total. The first-order chi connectivity index (χ1) is 32.5. The van der Waals surface area contributed by atoms with Gasteiger partial charge in [-0.3, -0.25) is 9.59 Å². The maximum Gasteiger partial charge on any atom is 0.407 e. The van der Waals surface area contributed by atoms with Gasteiger partial charge in [-0.05, 0) is 73.3 Å². The number of carbonyl (C=O) groups is 1. The predicted molar refractivity (Wildman–Crippen MR) is 265 cm³/mol. The number of piperidine rings is 1. The molecule has 0 bridgehead atoms. The van der Waals surface area contributed by atoms with Gasteiger partial charge in [-0.25, -0.2) is 33.1 Å². The number of amides is 1. The number of piperazine rings is 1. The SMILES string of the molecule is CC(C)(C)C1[C@H](Nc2cc3nc[nH]c(=O)c3c(Nc3ccc(N4CCOCC4)cc3)n2)CCCN1C(=O)O.CCN1CCN(c2cc3nc[nH]c(=O)c3c(Nc3ccc(S(C)(=O)=O)cc3)n2)CC1. The molecule has 1 unspecified atom stereocenters. The molecule has 1 amide bonds. The van der Waals surface area contributed by atoms with Gasteiger partial charge in [0.2, 0.25) is 0 Å². The number of benzene rings is 2. The average molecular weight is 950 g/mol. The van der Waals surface area contributed by atoms with Crippen LogP contribution in [0.15, 0.2) is 87.8 Å². The summed E-state index contributed by atoms with van der Waals surface area (Å²) in [6, 6.07) is 17.5. The Hall–Kier alpha value is -6.84. The number of hydrogen-bond acceptors (Lipinski definition) is 16. The fourth-order valence-electron chi connectivity index (χ4n) is 9.14. The number of likely N-dealkylation sites (N-methyl/N-ethyl adjacent to an activating group) is 1. The van der Waals surface area contributed by atoms with Crippen LogP contribution in [0.1, 0.15) is 40.5 Å². The molecule has 2 aromatic carbocycles. The highest BCUT2D eigenvalue weighted by Gasteiger charge is 2.42. The van der Waals surface area contributed by atoms with Gasteiger partial charge < -0.3 is 55.4 Å². The van der Waals surface area contributed by atoms with Gasteiger partial charge in [0.05, 0.1) is 47.8 Å². The number of fused-ring (bicyclic) bond motifs is 2. The average Bonchev–Trinajstić information content (AvgIpc) is 3.31. The number of rotatable bonds is 10. The summed E-state index contributed by atoms with van der Waals surface area (Å²) in [5.74, 6) is 2.07. The number of aromatic nitrogens is 6. The second-order valence-electron chi connectivity index (χ2n) is 18.2. The van der Waals surface area contributed by atoms with Crippen molar-refractivity contribution in [2.24, 2.45) is 5.41 Å². The number of anilines is 7. The normalized spacial score (nSPS) is 18.2. The van der Waals surface area contributed by atoms with Crippen LogP contribution in [0.25, 0.3) is 21.8 Å². The summed E-state index contributed by atoms with van der Waals surface area (Å²) in [6.07, 6.45) is 4.56. The molecule has 3 aliphatic heterocycles. The number of aromatic amines is 2. The van der Waals surface area contributed by atoms with Crippen LogP contribution >= 0.6 is 0 Å². The number of nitrogens with one attached hydrogen (secondary N) is 5. The van der Waals surface area contributed by atoms with Crippen molar-refractivity contribution in [2.75, 3.05) is 97.6 Å². The van der Waals surface area contributed by atoms with Crippen LogP contribution in [0, 0.1) is 5.41 Å². The van der Waals surface area contributed by atoms with E-state index in [4.69, 9.17) is 14.7 Å². The molecule has 0 spiro atoms. The summed E-state index contributed by atoms with van der Waals surface area (Å²) in [4.78, 5) is 69.3. The highest BCUT2D eigenvalue weighted by Crippen LogP contribution is 2.35. The van der Waals surface area contributed by atoms with Gasteiger partial charge in [0.25, 0.3) is 11.1 Å². The van der Waals surface area contributed by atoms with E-state index in [2.05, 4.69) is 78.3 Å². The molecule has 6 N–H and O–H groups in total.